The van der Waals surface area contributed by atoms with E-state index in [2.05, 4.69) is 26.6 Å². The van der Waals surface area contributed by atoms with E-state index in [4.69, 9.17) is 9.68 Å². The van der Waals surface area contributed by atoms with Crippen molar-refractivity contribution in [3.05, 3.63) is 59.5 Å². The Balaban J connectivity index is 1.57. The van der Waals surface area contributed by atoms with Gasteiger partial charge in [-0.2, -0.15) is 5.26 Å². The van der Waals surface area contributed by atoms with Gasteiger partial charge in [0, 0.05) is 20.1 Å². The van der Waals surface area contributed by atoms with E-state index in [1.54, 1.807) is 19.4 Å². The van der Waals surface area contributed by atoms with Gasteiger partial charge in [-0.1, -0.05) is 12.1 Å². The van der Waals surface area contributed by atoms with Gasteiger partial charge in [0.05, 0.1) is 23.9 Å². The van der Waals surface area contributed by atoms with E-state index in [1.165, 1.54) is 12.8 Å². The van der Waals surface area contributed by atoms with Gasteiger partial charge in [0.25, 0.3) is 0 Å². The average molecular weight is 351 g/mol. The quantitative estimate of drug-likeness (QED) is 0.618. The minimum Gasteiger partial charge on any atom is -0.468 e. The third kappa shape index (κ3) is 4.64. The van der Waals surface area contributed by atoms with Gasteiger partial charge in [0.15, 0.2) is 5.96 Å². The SMILES string of the molecule is CN=C(NCc1cccc(C#N)c1)NCC(c1ccco1)N1CCCC1. The third-order valence-corrected chi connectivity index (χ3v) is 4.66. The van der Waals surface area contributed by atoms with E-state index in [-0.39, 0.29) is 6.04 Å². The molecule has 1 aromatic heterocycles. The largest absolute Gasteiger partial charge is 0.468 e. The lowest BCUT2D eigenvalue weighted by molar-refractivity contribution is 0.215. The number of nitrogens with one attached hydrogen (secondary N) is 2. The number of hydrogen-bond donors (Lipinski definition) is 2. The number of nitriles is 1. The third-order valence-electron chi connectivity index (χ3n) is 4.66. The van der Waals surface area contributed by atoms with E-state index in [0.29, 0.717) is 12.1 Å². The first-order valence-corrected chi connectivity index (χ1v) is 9.01. The molecule has 0 amide bonds. The lowest BCUT2D eigenvalue weighted by Gasteiger charge is -2.26. The molecule has 0 saturated carbocycles. The van der Waals surface area contributed by atoms with Crippen LogP contribution < -0.4 is 10.6 Å². The Kier molecular flexibility index (Phi) is 6.29. The van der Waals surface area contributed by atoms with Crippen LogP contribution in [0, 0.1) is 11.3 Å². The second kappa shape index (κ2) is 9.07. The van der Waals surface area contributed by atoms with Gasteiger partial charge in [-0.05, 0) is 55.8 Å². The number of likely N-dealkylation sites (tertiary alicyclic amines) is 1. The number of guanidine groups is 1. The summed E-state index contributed by atoms with van der Waals surface area (Å²) in [5.74, 6) is 1.72. The Morgan fingerprint density at radius 3 is 2.81 bits per heavy atom. The first-order valence-electron chi connectivity index (χ1n) is 9.01. The summed E-state index contributed by atoms with van der Waals surface area (Å²) in [5.41, 5.74) is 1.72. The average Bonchev–Trinajstić information content (AvgIpc) is 3.39. The molecule has 1 fully saturated rings. The van der Waals surface area contributed by atoms with Gasteiger partial charge in [-0.25, -0.2) is 0 Å². The van der Waals surface area contributed by atoms with Gasteiger partial charge in [-0.15, -0.1) is 0 Å². The molecular formula is C20H25N5O. The minimum absolute atomic E-state index is 0.202. The van der Waals surface area contributed by atoms with Crippen LogP contribution in [-0.2, 0) is 6.54 Å². The van der Waals surface area contributed by atoms with Crippen molar-refractivity contribution >= 4 is 5.96 Å². The van der Waals surface area contributed by atoms with E-state index in [0.717, 1.165) is 36.9 Å². The van der Waals surface area contributed by atoms with Crippen LogP contribution in [0.5, 0.6) is 0 Å². The van der Waals surface area contributed by atoms with Crippen molar-refractivity contribution < 1.29 is 4.42 Å². The van der Waals surface area contributed by atoms with E-state index < -0.39 is 0 Å². The van der Waals surface area contributed by atoms with Crippen LogP contribution in [0.2, 0.25) is 0 Å². The molecule has 0 bridgehead atoms. The van der Waals surface area contributed by atoms with Crippen molar-refractivity contribution in [1.82, 2.24) is 15.5 Å². The molecule has 1 unspecified atom stereocenters. The number of aliphatic imine (C=N–C) groups is 1. The van der Waals surface area contributed by atoms with Gasteiger partial charge in [-0.3, -0.25) is 9.89 Å². The zero-order valence-corrected chi connectivity index (χ0v) is 15.1. The van der Waals surface area contributed by atoms with Crippen LogP contribution in [0.1, 0.15) is 35.8 Å². The van der Waals surface area contributed by atoms with Gasteiger partial charge < -0.3 is 15.1 Å². The molecule has 1 aliphatic rings. The summed E-state index contributed by atoms with van der Waals surface area (Å²) in [6, 6.07) is 13.9. The normalized spacial score (nSPS) is 16.2. The smallest absolute Gasteiger partial charge is 0.191 e. The fourth-order valence-electron chi connectivity index (χ4n) is 3.29. The van der Waals surface area contributed by atoms with Crippen LogP contribution in [0.25, 0.3) is 0 Å². The fourth-order valence-corrected chi connectivity index (χ4v) is 3.29. The fraction of sp³-hybridized carbons (Fsp3) is 0.400. The topological polar surface area (TPSA) is 76.6 Å². The maximum absolute atomic E-state index is 9.01. The van der Waals surface area contributed by atoms with Gasteiger partial charge in [0.2, 0.25) is 0 Å². The number of benzene rings is 1. The number of hydrogen-bond acceptors (Lipinski definition) is 4. The molecule has 3 rings (SSSR count). The van der Waals surface area contributed by atoms with Crippen LogP contribution in [0.4, 0.5) is 0 Å². The molecule has 1 saturated heterocycles. The molecular weight excluding hydrogens is 326 g/mol. The van der Waals surface area contributed by atoms with Crippen LogP contribution in [0.3, 0.4) is 0 Å². The molecule has 2 N–H and O–H groups in total. The molecule has 0 spiro atoms. The Morgan fingerprint density at radius 1 is 1.27 bits per heavy atom. The predicted molar refractivity (Wildman–Crippen MR) is 102 cm³/mol. The highest BCUT2D eigenvalue weighted by Gasteiger charge is 2.25. The lowest BCUT2D eigenvalue weighted by atomic mass is 10.1. The molecule has 6 heteroatoms. The summed E-state index contributed by atoms with van der Waals surface area (Å²) >= 11 is 0. The number of nitrogens with zero attached hydrogens (tertiary/aromatic N) is 3. The Hall–Kier alpha value is -2.78. The van der Waals surface area contributed by atoms with Crippen LogP contribution in [0.15, 0.2) is 52.1 Å². The maximum atomic E-state index is 9.01. The zero-order valence-electron chi connectivity index (χ0n) is 15.1. The van der Waals surface area contributed by atoms with E-state index in [1.807, 2.05) is 30.3 Å². The molecule has 0 radical (unpaired) electrons. The molecule has 6 nitrogen and oxygen atoms in total. The van der Waals surface area contributed by atoms with Crippen molar-refractivity contribution in [3.8, 4) is 6.07 Å². The Morgan fingerprint density at radius 2 is 2.12 bits per heavy atom. The van der Waals surface area contributed by atoms with E-state index >= 15 is 0 Å². The molecule has 1 aliphatic heterocycles. The molecule has 136 valence electrons. The molecule has 26 heavy (non-hydrogen) atoms. The van der Waals surface area contributed by atoms with Crippen LogP contribution >= 0.6 is 0 Å². The summed E-state index contributed by atoms with van der Waals surface area (Å²) in [5, 5.41) is 15.7. The second-order valence-electron chi connectivity index (χ2n) is 6.39. The molecule has 2 heterocycles. The standard InChI is InChI=1S/C20H25N5O/c1-22-20(23-14-17-7-4-6-16(12-17)13-21)24-15-18(19-8-5-11-26-19)25-9-2-3-10-25/h4-8,11-12,18H,2-3,9-10,14-15H2,1H3,(H2,22,23,24). The van der Waals surface area contributed by atoms with Crippen molar-refractivity contribution in [2.45, 2.75) is 25.4 Å². The minimum atomic E-state index is 0.202. The molecule has 1 atom stereocenters. The molecule has 1 aromatic carbocycles. The number of furan rings is 1. The zero-order chi connectivity index (χ0) is 18.2. The van der Waals surface area contributed by atoms with Crippen molar-refractivity contribution in [2.75, 3.05) is 26.7 Å². The first kappa shape index (κ1) is 18.0. The second-order valence-corrected chi connectivity index (χ2v) is 6.39. The lowest BCUT2D eigenvalue weighted by Crippen LogP contribution is -2.42. The highest BCUT2D eigenvalue weighted by molar-refractivity contribution is 5.79. The summed E-state index contributed by atoms with van der Waals surface area (Å²) in [4.78, 5) is 6.76. The number of rotatable bonds is 6. The monoisotopic (exact) mass is 351 g/mol. The summed E-state index contributed by atoms with van der Waals surface area (Å²) < 4.78 is 5.66. The van der Waals surface area contributed by atoms with Crippen LogP contribution in [-0.4, -0.2) is 37.5 Å². The predicted octanol–water partition coefficient (Wildman–Crippen LogP) is 2.65. The molecule has 0 aliphatic carbocycles. The molecule has 2 aromatic rings. The van der Waals surface area contributed by atoms with E-state index in [9.17, 15) is 0 Å². The van der Waals surface area contributed by atoms with Crippen molar-refractivity contribution in [2.24, 2.45) is 4.99 Å². The highest BCUT2D eigenvalue weighted by atomic mass is 16.3. The van der Waals surface area contributed by atoms with Gasteiger partial charge in [0.1, 0.15) is 5.76 Å². The summed E-state index contributed by atoms with van der Waals surface area (Å²) in [6.07, 6.45) is 4.20. The Labute approximate surface area is 154 Å². The summed E-state index contributed by atoms with van der Waals surface area (Å²) in [6.45, 7) is 3.54. The first-order chi connectivity index (χ1) is 12.8. The van der Waals surface area contributed by atoms with Crippen molar-refractivity contribution in [1.29, 1.82) is 5.26 Å². The van der Waals surface area contributed by atoms with Gasteiger partial charge >= 0.3 is 0 Å². The van der Waals surface area contributed by atoms with Crippen molar-refractivity contribution in [3.63, 3.8) is 0 Å². The maximum Gasteiger partial charge on any atom is 0.191 e. The highest BCUT2D eigenvalue weighted by Crippen LogP contribution is 2.24. The summed E-state index contributed by atoms with van der Waals surface area (Å²) in [7, 11) is 1.76. The Bertz CT molecular complexity index is 757.